The molecule has 1 aromatic rings. The first-order valence-corrected chi connectivity index (χ1v) is 6.34. The predicted octanol–water partition coefficient (Wildman–Crippen LogP) is 2.84. The average molecular weight is 239 g/mol. The maximum absolute atomic E-state index is 6.32. The number of nitrogens with one attached hydrogen (secondary N) is 1. The number of aryl methyl sites for hydroxylation is 1. The van der Waals surface area contributed by atoms with Gasteiger partial charge in [-0.1, -0.05) is 30.7 Å². The number of para-hydroxylation sites is 1. The van der Waals surface area contributed by atoms with Crippen molar-refractivity contribution in [2.45, 2.75) is 26.3 Å². The van der Waals surface area contributed by atoms with Crippen molar-refractivity contribution in [2.24, 2.45) is 0 Å². The van der Waals surface area contributed by atoms with E-state index in [1.54, 1.807) is 0 Å². The summed E-state index contributed by atoms with van der Waals surface area (Å²) in [6.07, 6.45) is 1.15. The van der Waals surface area contributed by atoms with E-state index in [-0.39, 0.29) is 0 Å². The quantitative estimate of drug-likeness (QED) is 0.853. The van der Waals surface area contributed by atoms with E-state index in [1.807, 2.05) is 12.1 Å². The maximum Gasteiger partial charge on any atom is 0.0642 e. The van der Waals surface area contributed by atoms with Gasteiger partial charge in [0, 0.05) is 25.7 Å². The fourth-order valence-electron chi connectivity index (χ4n) is 2.41. The van der Waals surface area contributed by atoms with Gasteiger partial charge in [-0.05, 0) is 25.0 Å². The highest BCUT2D eigenvalue weighted by molar-refractivity contribution is 6.33. The molecular weight excluding hydrogens is 220 g/mol. The van der Waals surface area contributed by atoms with Crippen LogP contribution >= 0.6 is 11.6 Å². The van der Waals surface area contributed by atoms with Crippen molar-refractivity contribution in [3.05, 3.63) is 28.8 Å². The van der Waals surface area contributed by atoms with Crippen LogP contribution in [0.25, 0.3) is 0 Å². The summed E-state index contributed by atoms with van der Waals surface area (Å²) >= 11 is 6.32. The summed E-state index contributed by atoms with van der Waals surface area (Å²) in [5, 5.41) is 4.31. The standard InChI is InChI=1S/C13H19ClN2/c1-3-11-9-15-7-8-16(11)13-10(2)5-4-6-12(13)14/h4-6,11,15H,3,7-9H2,1-2H3. The van der Waals surface area contributed by atoms with E-state index in [1.165, 1.54) is 11.3 Å². The molecular formula is C13H19ClN2. The summed E-state index contributed by atoms with van der Waals surface area (Å²) in [4.78, 5) is 2.45. The molecule has 0 aromatic heterocycles. The van der Waals surface area contributed by atoms with Crippen molar-refractivity contribution < 1.29 is 0 Å². The van der Waals surface area contributed by atoms with Gasteiger partial charge in [-0.2, -0.15) is 0 Å². The number of anilines is 1. The lowest BCUT2D eigenvalue weighted by Gasteiger charge is -2.38. The smallest absolute Gasteiger partial charge is 0.0642 e. The second-order valence-corrected chi connectivity index (χ2v) is 4.77. The van der Waals surface area contributed by atoms with Crippen molar-refractivity contribution in [3.63, 3.8) is 0 Å². The van der Waals surface area contributed by atoms with Gasteiger partial charge in [-0.3, -0.25) is 0 Å². The summed E-state index contributed by atoms with van der Waals surface area (Å²) in [5.41, 5.74) is 2.49. The average Bonchev–Trinajstić information content (AvgIpc) is 2.29. The third-order valence-electron chi connectivity index (χ3n) is 3.30. The lowest BCUT2D eigenvalue weighted by Crippen LogP contribution is -2.51. The van der Waals surface area contributed by atoms with E-state index in [0.29, 0.717) is 6.04 Å². The topological polar surface area (TPSA) is 15.3 Å². The zero-order valence-corrected chi connectivity index (χ0v) is 10.7. The largest absolute Gasteiger partial charge is 0.365 e. The van der Waals surface area contributed by atoms with Gasteiger partial charge in [-0.25, -0.2) is 0 Å². The molecule has 88 valence electrons. The summed E-state index contributed by atoms with van der Waals surface area (Å²) in [5.74, 6) is 0. The highest BCUT2D eigenvalue weighted by Crippen LogP contribution is 2.31. The van der Waals surface area contributed by atoms with Gasteiger partial charge in [0.2, 0.25) is 0 Å². The van der Waals surface area contributed by atoms with Gasteiger partial charge < -0.3 is 10.2 Å². The molecule has 0 spiro atoms. The SMILES string of the molecule is CCC1CNCCN1c1c(C)cccc1Cl. The van der Waals surface area contributed by atoms with E-state index in [9.17, 15) is 0 Å². The third kappa shape index (κ3) is 2.18. The summed E-state index contributed by atoms with van der Waals surface area (Å²) in [6, 6.07) is 6.70. The number of hydrogen-bond donors (Lipinski definition) is 1. The van der Waals surface area contributed by atoms with Crippen LogP contribution in [0.2, 0.25) is 5.02 Å². The Morgan fingerprint density at radius 3 is 3.00 bits per heavy atom. The Morgan fingerprint density at radius 2 is 2.31 bits per heavy atom. The normalized spacial score (nSPS) is 21.2. The van der Waals surface area contributed by atoms with E-state index < -0.39 is 0 Å². The molecule has 1 atom stereocenters. The van der Waals surface area contributed by atoms with Gasteiger partial charge in [-0.15, -0.1) is 0 Å². The maximum atomic E-state index is 6.32. The molecule has 0 saturated carbocycles. The zero-order valence-electron chi connectivity index (χ0n) is 9.96. The highest BCUT2D eigenvalue weighted by atomic mass is 35.5. The first kappa shape index (κ1) is 11.7. The molecule has 1 aliphatic rings. The summed E-state index contributed by atoms with van der Waals surface area (Å²) in [7, 11) is 0. The molecule has 0 aliphatic carbocycles. The minimum atomic E-state index is 0.562. The van der Waals surface area contributed by atoms with Crippen LogP contribution in [0.5, 0.6) is 0 Å². The van der Waals surface area contributed by atoms with Crippen molar-refractivity contribution in [3.8, 4) is 0 Å². The van der Waals surface area contributed by atoms with Crippen LogP contribution in [-0.2, 0) is 0 Å². The lowest BCUT2D eigenvalue weighted by atomic mass is 10.1. The van der Waals surface area contributed by atoms with Crippen molar-refractivity contribution in [2.75, 3.05) is 24.5 Å². The van der Waals surface area contributed by atoms with Crippen LogP contribution in [-0.4, -0.2) is 25.7 Å². The Morgan fingerprint density at radius 1 is 1.50 bits per heavy atom. The van der Waals surface area contributed by atoms with Crippen molar-refractivity contribution in [1.82, 2.24) is 5.32 Å². The van der Waals surface area contributed by atoms with Crippen LogP contribution in [0.4, 0.5) is 5.69 Å². The molecule has 0 amide bonds. The van der Waals surface area contributed by atoms with Crippen molar-refractivity contribution in [1.29, 1.82) is 0 Å². The Hall–Kier alpha value is -0.730. The number of hydrogen-bond acceptors (Lipinski definition) is 2. The predicted molar refractivity (Wildman–Crippen MR) is 70.5 cm³/mol. The molecule has 2 rings (SSSR count). The molecule has 1 heterocycles. The first-order valence-electron chi connectivity index (χ1n) is 5.96. The molecule has 0 bridgehead atoms. The molecule has 1 aliphatic heterocycles. The monoisotopic (exact) mass is 238 g/mol. The molecule has 1 fully saturated rings. The van der Waals surface area contributed by atoms with Crippen LogP contribution in [0.3, 0.4) is 0 Å². The van der Waals surface area contributed by atoms with Crippen LogP contribution in [0.1, 0.15) is 18.9 Å². The van der Waals surface area contributed by atoms with Gasteiger partial charge in [0.25, 0.3) is 0 Å². The molecule has 3 heteroatoms. The second kappa shape index (κ2) is 5.07. The lowest BCUT2D eigenvalue weighted by molar-refractivity contribution is 0.466. The molecule has 1 unspecified atom stereocenters. The number of halogens is 1. The molecule has 1 N–H and O–H groups in total. The van der Waals surface area contributed by atoms with Gasteiger partial charge >= 0.3 is 0 Å². The molecule has 2 nitrogen and oxygen atoms in total. The Kier molecular flexibility index (Phi) is 3.72. The van der Waals surface area contributed by atoms with Crippen LogP contribution < -0.4 is 10.2 Å². The minimum Gasteiger partial charge on any atom is -0.365 e. The van der Waals surface area contributed by atoms with E-state index in [4.69, 9.17) is 11.6 Å². The van der Waals surface area contributed by atoms with Gasteiger partial charge in [0.1, 0.15) is 0 Å². The zero-order chi connectivity index (χ0) is 11.5. The second-order valence-electron chi connectivity index (χ2n) is 4.36. The number of piperazine rings is 1. The van der Waals surface area contributed by atoms with Crippen LogP contribution in [0.15, 0.2) is 18.2 Å². The number of rotatable bonds is 2. The van der Waals surface area contributed by atoms with E-state index >= 15 is 0 Å². The highest BCUT2D eigenvalue weighted by Gasteiger charge is 2.23. The molecule has 0 radical (unpaired) electrons. The van der Waals surface area contributed by atoms with E-state index in [0.717, 1.165) is 31.1 Å². The number of nitrogens with zero attached hydrogens (tertiary/aromatic N) is 1. The summed E-state index contributed by atoms with van der Waals surface area (Å²) in [6.45, 7) is 7.51. The van der Waals surface area contributed by atoms with Gasteiger partial charge in [0.15, 0.2) is 0 Å². The van der Waals surface area contributed by atoms with E-state index in [2.05, 4.69) is 30.1 Å². The molecule has 1 aromatic carbocycles. The third-order valence-corrected chi connectivity index (χ3v) is 3.60. The molecule has 1 saturated heterocycles. The number of benzene rings is 1. The first-order chi connectivity index (χ1) is 7.74. The van der Waals surface area contributed by atoms with Crippen LogP contribution in [0, 0.1) is 6.92 Å². The fraction of sp³-hybridized carbons (Fsp3) is 0.538. The van der Waals surface area contributed by atoms with Crippen molar-refractivity contribution >= 4 is 17.3 Å². The summed E-state index contributed by atoms with van der Waals surface area (Å²) < 4.78 is 0. The Labute approximate surface area is 103 Å². The minimum absolute atomic E-state index is 0.562. The Bertz CT molecular complexity index is 345. The van der Waals surface area contributed by atoms with Gasteiger partial charge in [0.05, 0.1) is 10.7 Å². The fourth-order valence-corrected chi connectivity index (χ4v) is 2.74. The Balaban J connectivity index is 2.34. The molecule has 16 heavy (non-hydrogen) atoms.